The van der Waals surface area contributed by atoms with Crippen molar-refractivity contribution in [2.24, 2.45) is 0 Å². The van der Waals surface area contributed by atoms with Gasteiger partial charge in [0.15, 0.2) is 6.10 Å². The molecule has 0 aliphatic carbocycles. The molecule has 0 aromatic rings. The zero-order valence-corrected chi connectivity index (χ0v) is 5.46. The Morgan fingerprint density at radius 2 is 2.11 bits per heavy atom. The van der Waals surface area contributed by atoms with E-state index in [-0.39, 0.29) is 0 Å². The summed E-state index contributed by atoms with van der Waals surface area (Å²) in [7, 11) is 1.59. The van der Waals surface area contributed by atoms with E-state index in [4.69, 9.17) is 10.2 Å². The molecule has 4 nitrogen and oxygen atoms in total. The average molecular weight is 133 g/mol. The second-order valence-corrected chi connectivity index (χ2v) is 1.86. The molecule has 0 unspecified atom stereocenters. The number of aliphatic carboxylic acids is 1. The maximum Gasteiger partial charge on any atom is 0.334 e. The number of carboxylic acid groups (broad SMARTS) is 1. The smallest absolute Gasteiger partial charge is 0.334 e. The van der Waals surface area contributed by atoms with Gasteiger partial charge in [-0.05, 0) is 14.0 Å². The molecule has 0 fully saturated rings. The highest BCUT2D eigenvalue weighted by Gasteiger charge is 2.18. The molecule has 0 aromatic heterocycles. The Bertz CT molecular complexity index is 104. The molecule has 3 N–H and O–H groups in total. The maximum absolute atomic E-state index is 10.0. The van der Waals surface area contributed by atoms with Crippen LogP contribution in [0.25, 0.3) is 0 Å². The maximum atomic E-state index is 10.0. The second-order valence-electron chi connectivity index (χ2n) is 1.86. The van der Waals surface area contributed by atoms with Crippen LogP contribution >= 0.6 is 0 Å². The summed E-state index contributed by atoms with van der Waals surface area (Å²) >= 11 is 0. The molecular weight excluding hydrogens is 122 g/mol. The van der Waals surface area contributed by atoms with Crippen LogP contribution in [0.4, 0.5) is 0 Å². The molecule has 0 spiro atoms. The average Bonchev–Trinajstić information content (AvgIpc) is 1.84. The van der Waals surface area contributed by atoms with E-state index in [0.29, 0.717) is 0 Å². The van der Waals surface area contributed by atoms with Crippen molar-refractivity contribution in [3.8, 4) is 0 Å². The third-order valence-electron chi connectivity index (χ3n) is 1.18. The molecule has 0 saturated carbocycles. The van der Waals surface area contributed by atoms with E-state index >= 15 is 0 Å². The van der Waals surface area contributed by atoms with Gasteiger partial charge in [0, 0.05) is 6.04 Å². The van der Waals surface area contributed by atoms with Crippen LogP contribution in [0.15, 0.2) is 0 Å². The Labute approximate surface area is 53.5 Å². The van der Waals surface area contributed by atoms with Crippen LogP contribution in [0.2, 0.25) is 0 Å². The standard InChI is InChI=1S/C5H11NO3/c1-3(6-2)4(7)5(8)9/h3-4,6-7H,1-2H3,(H,8,9)/t3-,4+/m1/s1. The molecule has 0 aromatic carbocycles. The van der Waals surface area contributed by atoms with E-state index < -0.39 is 18.1 Å². The van der Waals surface area contributed by atoms with Gasteiger partial charge >= 0.3 is 5.97 Å². The van der Waals surface area contributed by atoms with Crippen molar-refractivity contribution in [1.82, 2.24) is 5.32 Å². The first-order chi connectivity index (χ1) is 4.09. The minimum atomic E-state index is -1.31. The van der Waals surface area contributed by atoms with Crippen LogP contribution in [0.3, 0.4) is 0 Å². The highest BCUT2D eigenvalue weighted by molar-refractivity contribution is 5.72. The van der Waals surface area contributed by atoms with Gasteiger partial charge in [-0.2, -0.15) is 0 Å². The zero-order chi connectivity index (χ0) is 7.44. The van der Waals surface area contributed by atoms with E-state index in [9.17, 15) is 4.79 Å². The van der Waals surface area contributed by atoms with Gasteiger partial charge in [0.1, 0.15) is 0 Å². The predicted molar refractivity (Wildman–Crippen MR) is 32.2 cm³/mol. The Morgan fingerprint density at radius 3 is 2.22 bits per heavy atom. The first-order valence-corrected chi connectivity index (χ1v) is 2.67. The number of hydrogen-bond acceptors (Lipinski definition) is 3. The van der Waals surface area contributed by atoms with Gasteiger partial charge in [0.05, 0.1) is 0 Å². The number of hydrogen-bond donors (Lipinski definition) is 3. The Balaban J connectivity index is 3.72. The third kappa shape index (κ3) is 2.43. The molecular formula is C5H11NO3. The van der Waals surface area contributed by atoms with Gasteiger partial charge < -0.3 is 15.5 Å². The lowest BCUT2D eigenvalue weighted by Crippen LogP contribution is -2.40. The summed E-state index contributed by atoms with van der Waals surface area (Å²) in [6.07, 6.45) is -1.31. The first-order valence-electron chi connectivity index (χ1n) is 2.67. The first kappa shape index (κ1) is 8.39. The number of carboxylic acids is 1. The predicted octanol–water partition coefficient (Wildman–Crippen LogP) is -0.960. The molecule has 2 atom stereocenters. The van der Waals surface area contributed by atoms with Crippen LogP contribution in [0.5, 0.6) is 0 Å². The van der Waals surface area contributed by atoms with Crippen LogP contribution in [0.1, 0.15) is 6.92 Å². The summed E-state index contributed by atoms with van der Waals surface area (Å²) in [6.45, 7) is 1.60. The molecule has 4 heteroatoms. The van der Waals surface area contributed by atoms with Crippen LogP contribution in [-0.4, -0.2) is 35.4 Å². The monoisotopic (exact) mass is 133 g/mol. The lowest BCUT2D eigenvalue weighted by molar-refractivity contribution is -0.147. The molecule has 0 amide bonds. The normalized spacial score (nSPS) is 16.8. The highest BCUT2D eigenvalue weighted by Crippen LogP contribution is 1.89. The Hall–Kier alpha value is -0.610. The van der Waals surface area contributed by atoms with E-state index in [2.05, 4.69) is 5.32 Å². The van der Waals surface area contributed by atoms with E-state index in [1.807, 2.05) is 0 Å². The van der Waals surface area contributed by atoms with E-state index in [0.717, 1.165) is 0 Å². The Morgan fingerprint density at radius 1 is 1.67 bits per heavy atom. The molecule has 0 aliphatic rings. The van der Waals surface area contributed by atoms with Crippen molar-refractivity contribution in [2.75, 3.05) is 7.05 Å². The van der Waals surface area contributed by atoms with Gasteiger partial charge in [0.2, 0.25) is 0 Å². The fraction of sp³-hybridized carbons (Fsp3) is 0.800. The summed E-state index contributed by atoms with van der Waals surface area (Å²) < 4.78 is 0. The number of likely N-dealkylation sites (N-methyl/N-ethyl adjacent to an activating group) is 1. The zero-order valence-electron chi connectivity index (χ0n) is 5.46. The second kappa shape index (κ2) is 3.42. The molecule has 0 bridgehead atoms. The van der Waals surface area contributed by atoms with Crippen molar-refractivity contribution < 1.29 is 15.0 Å². The minimum Gasteiger partial charge on any atom is -0.479 e. The van der Waals surface area contributed by atoms with Crippen molar-refractivity contribution >= 4 is 5.97 Å². The molecule has 0 heterocycles. The van der Waals surface area contributed by atoms with E-state index in [1.165, 1.54) is 0 Å². The lowest BCUT2D eigenvalue weighted by atomic mass is 10.2. The number of aliphatic hydroxyl groups is 1. The Kier molecular flexibility index (Phi) is 3.19. The van der Waals surface area contributed by atoms with E-state index in [1.54, 1.807) is 14.0 Å². The van der Waals surface area contributed by atoms with Crippen LogP contribution in [-0.2, 0) is 4.79 Å². The number of carbonyl (C=O) groups is 1. The van der Waals surface area contributed by atoms with Gasteiger partial charge in [-0.3, -0.25) is 0 Å². The summed E-state index contributed by atoms with van der Waals surface area (Å²) in [5, 5.41) is 19.5. The van der Waals surface area contributed by atoms with Gasteiger partial charge in [-0.25, -0.2) is 4.79 Å². The summed E-state index contributed by atoms with van der Waals surface area (Å²) in [5.41, 5.74) is 0. The van der Waals surface area contributed by atoms with Crippen molar-refractivity contribution in [3.05, 3.63) is 0 Å². The molecule has 0 aliphatic heterocycles. The van der Waals surface area contributed by atoms with Gasteiger partial charge in [-0.15, -0.1) is 0 Å². The minimum absolute atomic E-state index is 0.400. The van der Waals surface area contributed by atoms with Crippen molar-refractivity contribution in [1.29, 1.82) is 0 Å². The number of nitrogens with one attached hydrogen (secondary N) is 1. The fourth-order valence-corrected chi connectivity index (χ4v) is 0.372. The largest absolute Gasteiger partial charge is 0.479 e. The van der Waals surface area contributed by atoms with Gasteiger partial charge in [0.25, 0.3) is 0 Å². The molecule has 0 saturated heterocycles. The van der Waals surface area contributed by atoms with Crippen LogP contribution in [0, 0.1) is 0 Å². The summed E-state index contributed by atoms with van der Waals surface area (Å²) in [5.74, 6) is -1.20. The lowest BCUT2D eigenvalue weighted by Gasteiger charge is -2.12. The molecule has 54 valence electrons. The molecule has 0 radical (unpaired) electrons. The SMILES string of the molecule is CN[C@H](C)[C@H](O)C(=O)O. The quantitative estimate of drug-likeness (QED) is 0.463. The number of rotatable bonds is 3. The fourth-order valence-electron chi connectivity index (χ4n) is 0.372. The highest BCUT2D eigenvalue weighted by atomic mass is 16.4. The number of aliphatic hydroxyl groups excluding tert-OH is 1. The molecule has 0 rings (SSSR count). The summed E-state index contributed by atoms with van der Waals surface area (Å²) in [6, 6.07) is -0.400. The van der Waals surface area contributed by atoms with Crippen LogP contribution < -0.4 is 5.32 Å². The topological polar surface area (TPSA) is 69.6 Å². The third-order valence-corrected chi connectivity index (χ3v) is 1.18. The van der Waals surface area contributed by atoms with Crippen molar-refractivity contribution in [2.45, 2.75) is 19.1 Å². The van der Waals surface area contributed by atoms with Crippen molar-refractivity contribution in [3.63, 3.8) is 0 Å². The molecule has 9 heavy (non-hydrogen) atoms. The summed E-state index contributed by atoms with van der Waals surface area (Å²) in [4.78, 5) is 10.0. The van der Waals surface area contributed by atoms with Gasteiger partial charge in [-0.1, -0.05) is 0 Å².